The Balaban J connectivity index is 1.66. The van der Waals surface area contributed by atoms with Crippen molar-refractivity contribution in [3.8, 4) is 5.88 Å². The first-order chi connectivity index (χ1) is 14.3. The second-order valence-corrected chi connectivity index (χ2v) is 8.79. The van der Waals surface area contributed by atoms with Crippen molar-refractivity contribution in [2.75, 3.05) is 18.0 Å². The molecule has 0 saturated carbocycles. The summed E-state index contributed by atoms with van der Waals surface area (Å²) in [5.74, 6) is 0.759. The van der Waals surface area contributed by atoms with E-state index in [2.05, 4.69) is 55.0 Å². The quantitative estimate of drug-likeness (QED) is 0.509. The average molecular weight is 470 g/mol. The molecule has 2 aromatic heterocycles. The molecule has 0 spiro atoms. The van der Waals surface area contributed by atoms with E-state index in [-0.39, 0.29) is 11.4 Å². The SMILES string of the molecule is Cc1cc(N=Cc2c(O)[nH]c(=O)c3ccc(Br)cc23)cnc1N1C[C@@H](C)N[C@@H](C)C1. The van der Waals surface area contributed by atoms with Crippen LogP contribution in [0.4, 0.5) is 11.5 Å². The van der Waals surface area contributed by atoms with Gasteiger partial charge in [-0.2, -0.15) is 0 Å². The number of aromatic amines is 1. The van der Waals surface area contributed by atoms with Crippen LogP contribution in [0.3, 0.4) is 0 Å². The molecule has 0 bridgehead atoms. The molecule has 1 aliphatic rings. The summed E-state index contributed by atoms with van der Waals surface area (Å²) < 4.78 is 0.816. The highest BCUT2D eigenvalue weighted by molar-refractivity contribution is 9.10. The number of pyridine rings is 2. The van der Waals surface area contributed by atoms with E-state index in [1.54, 1.807) is 30.6 Å². The molecule has 7 nitrogen and oxygen atoms in total. The van der Waals surface area contributed by atoms with Gasteiger partial charge in [0.05, 0.1) is 17.4 Å². The molecular formula is C22H24BrN5O2. The zero-order valence-electron chi connectivity index (χ0n) is 17.1. The standard InChI is InChI=1S/C22H24BrN5O2/c1-12-6-16(8-25-20(12)28-10-13(2)26-14(3)11-28)24-9-19-18-7-15(23)4-5-17(18)21(29)27-22(19)30/h4-9,13-14,26H,10-11H2,1-3H3,(H2,27,29,30)/t13-,14+. The first-order valence-electron chi connectivity index (χ1n) is 9.88. The van der Waals surface area contributed by atoms with Crippen LogP contribution in [0, 0.1) is 6.92 Å². The highest BCUT2D eigenvalue weighted by atomic mass is 79.9. The molecule has 0 radical (unpaired) electrons. The van der Waals surface area contributed by atoms with Gasteiger partial charge in [0.25, 0.3) is 5.56 Å². The first kappa shape index (κ1) is 20.6. The molecule has 4 rings (SSSR count). The van der Waals surface area contributed by atoms with Crippen LogP contribution in [-0.4, -0.2) is 46.5 Å². The third-order valence-corrected chi connectivity index (χ3v) is 5.73. The lowest BCUT2D eigenvalue weighted by Gasteiger charge is -2.37. The number of nitrogens with one attached hydrogen (secondary N) is 2. The summed E-state index contributed by atoms with van der Waals surface area (Å²) >= 11 is 3.42. The lowest BCUT2D eigenvalue weighted by Crippen LogP contribution is -2.54. The van der Waals surface area contributed by atoms with Crippen molar-refractivity contribution in [3.63, 3.8) is 0 Å². The minimum atomic E-state index is -0.339. The van der Waals surface area contributed by atoms with Gasteiger partial charge in [-0.1, -0.05) is 15.9 Å². The van der Waals surface area contributed by atoms with Gasteiger partial charge >= 0.3 is 0 Å². The lowest BCUT2D eigenvalue weighted by atomic mass is 10.1. The molecule has 1 saturated heterocycles. The summed E-state index contributed by atoms with van der Waals surface area (Å²) in [6.07, 6.45) is 3.29. The number of H-pyrrole nitrogens is 1. The van der Waals surface area contributed by atoms with Gasteiger partial charge in [-0.05, 0) is 50.6 Å². The largest absolute Gasteiger partial charge is 0.494 e. The number of aromatic nitrogens is 2. The summed E-state index contributed by atoms with van der Waals surface area (Å²) in [7, 11) is 0. The number of piperazine rings is 1. The third-order valence-electron chi connectivity index (χ3n) is 5.24. The summed E-state index contributed by atoms with van der Waals surface area (Å²) in [5.41, 5.74) is 1.84. The average Bonchev–Trinajstić information content (AvgIpc) is 2.66. The van der Waals surface area contributed by atoms with Crippen LogP contribution >= 0.6 is 15.9 Å². The number of anilines is 1. The maximum absolute atomic E-state index is 12.1. The Morgan fingerprint density at radius 3 is 2.67 bits per heavy atom. The highest BCUT2D eigenvalue weighted by Gasteiger charge is 2.23. The van der Waals surface area contributed by atoms with Crippen LogP contribution in [0.25, 0.3) is 10.8 Å². The fourth-order valence-electron chi connectivity index (χ4n) is 4.03. The van der Waals surface area contributed by atoms with Crippen LogP contribution in [0.5, 0.6) is 5.88 Å². The highest BCUT2D eigenvalue weighted by Crippen LogP contribution is 2.27. The molecule has 3 aromatic rings. The van der Waals surface area contributed by atoms with Crippen LogP contribution in [0.15, 0.2) is 44.7 Å². The van der Waals surface area contributed by atoms with Crippen molar-refractivity contribution >= 4 is 44.4 Å². The van der Waals surface area contributed by atoms with Gasteiger partial charge < -0.3 is 15.3 Å². The molecule has 0 aliphatic carbocycles. The minimum Gasteiger partial charge on any atom is -0.494 e. The van der Waals surface area contributed by atoms with E-state index in [4.69, 9.17) is 0 Å². The molecule has 3 heterocycles. The number of nitrogens with zero attached hydrogens (tertiary/aromatic N) is 3. The zero-order valence-corrected chi connectivity index (χ0v) is 18.7. The van der Waals surface area contributed by atoms with Gasteiger partial charge in [0, 0.05) is 46.6 Å². The van der Waals surface area contributed by atoms with Crippen molar-refractivity contribution in [1.82, 2.24) is 15.3 Å². The fraction of sp³-hybridized carbons (Fsp3) is 0.318. The van der Waals surface area contributed by atoms with E-state index < -0.39 is 0 Å². The Morgan fingerprint density at radius 1 is 1.23 bits per heavy atom. The Bertz CT molecular complexity index is 1180. The lowest BCUT2D eigenvalue weighted by molar-refractivity contribution is 0.405. The van der Waals surface area contributed by atoms with Crippen molar-refractivity contribution < 1.29 is 5.11 Å². The van der Waals surface area contributed by atoms with Crippen LogP contribution in [-0.2, 0) is 0 Å². The van der Waals surface area contributed by atoms with Crippen LogP contribution in [0.1, 0.15) is 25.0 Å². The maximum Gasteiger partial charge on any atom is 0.258 e. The third kappa shape index (κ3) is 4.11. The van der Waals surface area contributed by atoms with E-state index in [9.17, 15) is 9.90 Å². The normalized spacial score (nSPS) is 19.7. The van der Waals surface area contributed by atoms with Crippen LogP contribution in [0.2, 0.25) is 0 Å². The van der Waals surface area contributed by atoms with Crippen molar-refractivity contribution in [2.24, 2.45) is 4.99 Å². The van der Waals surface area contributed by atoms with Crippen molar-refractivity contribution in [2.45, 2.75) is 32.9 Å². The smallest absolute Gasteiger partial charge is 0.258 e. The number of fused-ring (bicyclic) bond motifs is 1. The first-order valence-corrected chi connectivity index (χ1v) is 10.7. The Hall–Kier alpha value is -2.71. The number of rotatable bonds is 3. The Labute approximate surface area is 183 Å². The molecule has 156 valence electrons. The molecule has 0 amide bonds. The molecule has 1 aromatic carbocycles. The molecule has 8 heteroatoms. The van der Waals surface area contributed by atoms with Crippen molar-refractivity contribution in [1.29, 1.82) is 0 Å². The number of benzene rings is 1. The van der Waals surface area contributed by atoms with Crippen molar-refractivity contribution in [3.05, 3.63) is 56.4 Å². The Kier molecular flexibility index (Phi) is 5.62. The Morgan fingerprint density at radius 2 is 1.97 bits per heavy atom. The number of hydrogen-bond donors (Lipinski definition) is 3. The van der Waals surface area contributed by atoms with E-state index >= 15 is 0 Å². The summed E-state index contributed by atoms with van der Waals surface area (Å²) in [4.78, 5) is 26.1. The number of aryl methyl sites for hydroxylation is 1. The number of hydrogen-bond acceptors (Lipinski definition) is 6. The van der Waals surface area contributed by atoms with E-state index in [1.807, 2.05) is 13.0 Å². The summed E-state index contributed by atoms with van der Waals surface area (Å²) in [6.45, 7) is 8.20. The van der Waals surface area contributed by atoms with Gasteiger partial charge in [-0.25, -0.2) is 4.98 Å². The van der Waals surface area contributed by atoms with Gasteiger partial charge in [0.1, 0.15) is 5.82 Å². The maximum atomic E-state index is 12.1. The van der Waals surface area contributed by atoms with Gasteiger partial charge in [0.15, 0.2) is 0 Å². The predicted octanol–water partition coefficient (Wildman–Crippen LogP) is 3.64. The number of aromatic hydroxyl groups is 1. The second-order valence-electron chi connectivity index (χ2n) is 7.87. The summed E-state index contributed by atoms with van der Waals surface area (Å²) in [6, 6.07) is 8.10. The zero-order chi connectivity index (χ0) is 21.4. The fourth-order valence-corrected chi connectivity index (χ4v) is 4.39. The molecule has 1 fully saturated rings. The van der Waals surface area contributed by atoms with E-state index in [0.29, 0.717) is 34.1 Å². The minimum absolute atomic E-state index is 0.209. The molecule has 30 heavy (non-hydrogen) atoms. The van der Waals surface area contributed by atoms with E-state index in [0.717, 1.165) is 28.9 Å². The molecule has 2 atom stereocenters. The van der Waals surface area contributed by atoms with Gasteiger partial charge in [0.2, 0.25) is 5.88 Å². The van der Waals surface area contributed by atoms with Gasteiger partial charge in [-0.3, -0.25) is 14.8 Å². The molecule has 0 unspecified atom stereocenters. The second kappa shape index (κ2) is 8.20. The molecular weight excluding hydrogens is 446 g/mol. The summed E-state index contributed by atoms with van der Waals surface area (Å²) in [5, 5.41) is 14.9. The number of halogens is 1. The molecule has 3 N–H and O–H groups in total. The predicted molar refractivity (Wildman–Crippen MR) is 124 cm³/mol. The topological polar surface area (TPSA) is 93.6 Å². The van der Waals surface area contributed by atoms with E-state index in [1.165, 1.54) is 0 Å². The van der Waals surface area contributed by atoms with Crippen LogP contribution < -0.4 is 15.8 Å². The number of aliphatic imine (C=N–C) groups is 1. The van der Waals surface area contributed by atoms with Gasteiger partial charge in [-0.15, -0.1) is 0 Å². The monoisotopic (exact) mass is 469 g/mol. The molecule has 1 aliphatic heterocycles.